The Bertz CT molecular complexity index is 255. The summed E-state index contributed by atoms with van der Waals surface area (Å²) in [5.74, 6) is -1.26. The third kappa shape index (κ3) is 3.76. The molecule has 0 fully saturated rings. The number of hydrogen-bond acceptors (Lipinski definition) is 3. The van der Waals surface area contributed by atoms with Crippen molar-refractivity contribution in [2.75, 3.05) is 5.75 Å². The summed E-state index contributed by atoms with van der Waals surface area (Å²) in [7, 11) is -3.43. The Balaban J connectivity index is 4.63. The fraction of sp³-hybridized carbons (Fsp3) is 0.875. The second kappa shape index (κ2) is 5.21. The van der Waals surface area contributed by atoms with Crippen LogP contribution in [0.5, 0.6) is 0 Å². The Morgan fingerprint density at radius 2 is 1.85 bits per heavy atom. The number of rotatable bonds is 6. The molecule has 1 N–H and O–H groups in total. The molecule has 0 saturated heterocycles. The molecular weight excluding hydrogens is 192 g/mol. The van der Waals surface area contributed by atoms with E-state index in [1.807, 2.05) is 0 Å². The maximum atomic E-state index is 11.4. The van der Waals surface area contributed by atoms with Crippen molar-refractivity contribution in [3.63, 3.8) is 0 Å². The van der Waals surface area contributed by atoms with Crippen molar-refractivity contribution in [3.8, 4) is 0 Å². The summed E-state index contributed by atoms with van der Waals surface area (Å²) in [5.41, 5.74) is 0. The molecule has 1 atom stereocenters. The highest BCUT2D eigenvalue weighted by Gasteiger charge is 2.30. The molecule has 0 amide bonds. The highest BCUT2D eigenvalue weighted by atomic mass is 32.2. The van der Waals surface area contributed by atoms with Crippen LogP contribution in [0.1, 0.15) is 33.1 Å². The fourth-order valence-electron chi connectivity index (χ4n) is 1.15. The Morgan fingerprint density at radius 1 is 1.31 bits per heavy atom. The average molecular weight is 208 g/mol. The average Bonchev–Trinajstić information content (AvgIpc) is 1.99. The van der Waals surface area contributed by atoms with Crippen molar-refractivity contribution >= 4 is 15.8 Å². The highest BCUT2D eigenvalue weighted by Crippen LogP contribution is 2.11. The molecule has 4 nitrogen and oxygen atoms in total. The normalized spacial score (nSPS) is 14.0. The lowest BCUT2D eigenvalue weighted by atomic mass is 10.2. The highest BCUT2D eigenvalue weighted by molar-refractivity contribution is 7.92. The first kappa shape index (κ1) is 12.4. The van der Waals surface area contributed by atoms with Crippen molar-refractivity contribution in [2.24, 2.45) is 0 Å². The molecule has 0 radical (unpaired) electrons. The first-order chi connectivity index (χ1) is 5.95. The van der Waals surface area contributed by atoms with E-state index in [4.69, 9.17) is 5.11 Å². The van der Waals surface area contributed by atoms with E-state index in [9.17, 15) is 13.2 Å². The van der Waals surface area contributed by atoms with Gasteiger partial charge in [-0.05, 0) is 12.8 Å². The molecule has 1 unspecified atom stereocenters. The van der Waals surface area contributed by atoms with E-state index < -0.39 is 21.1 Å². The summed E-state index contributed by atoms with van der Waals surface area (Å²) in [5, 5.41) is 7.48. The first-order valence-corrected chi connectivity index (χ1v) is 6.11. The van der Waals surface area contributed by atoms with Crippen LogP contribution in [0.15, 0.2) is 0 Å². The van der Waals surface area contributed by atoms with Crippen LogP contribution in [0, 0.1) is 0 Å². The number of hydrogen-bond donors (Lipinski definition) is 1. The van der Waals surface area contributed by atoms with Gasteiger partial charge in [0, 0.05) is 0 Å². The molecule has 0 aromatic rings. The van der Waals surface area contributed by atoms with Crippen LogP contribution in [0.25, 0.3) is 0 Å². The lowest BCUT2D eigenvalue weighted by Gasteiger charge is -2.11. The van der Waals surface area contributed by atoms with Gasteiger partial charge in [-0.3, -0.25) is 4.79 Å². The minimum Gasteiger partial charge on any atom is -0.480 e. The maximum absolute atomic E-state index is 11.4. The van der Waals surface area contributed by atoms with Crippen molar-refractivity contribution < 1.29 is 18.3 Å². The molecule has 0 aliphatic heterocycles. The van der Waals surface area contributed by atoms with E-state index in [2.05, 4.69) is 0 Å². The van der Waals surface area contributed by atoms with Crippen molar-refractivity contribution in [1.29, 1.82) is 0 Å². The summed E-state index contributed by atoms with van der Waals surface area (Å²) < 4.78 is 22.8. The van der Waals surface area contributed by atoms with E-state index in [0.717, 1.165) is 0 Å². The lowest BCUT2D eigenvalue weighted by molar-refractivity contribution is -0.136. The van der Waals surface area contributed by atoms with Crippen LogP contribution in [-0.4, -0.2) is 30.5 Å². The zero-order valence-corrected chi connectivity index (χ0v) is 8.80. The van der Waals surface area contributed by atoms with E-state index in [1.165, 1.54) is 0 Å². The van der Waals surface area contributed by atoms with Gasteiger partial charge in [0.2, 0.25) is 0 Å². The summed E-state index contributed by atoms with van der Waals surface area (Å²) in [6.45, 7) is 3.50. The monoisotopic (exact) mass is 208 g/mol. The summed E-state index contributed by atoms with van der Waals surface area (Å²) in [6.07, 6.45) is 1.24. The third-order valence-electron chi connectivity index (χ3n) is 1.75. The molecule has 0 aromatic carbocycles. The topological polar surface area (TPSA) is 71.4 Å². The van der Waals surface area contributed by atoms with Gasteiger partial charge in [-0.2, -0.15) is 0 Å². The molecule has 0 heterocycles. The molecule has 78 valence electrons. The Kier molecular flexibility index (Phi) is 4.98. The minimum atomic E-state index is -3.43. The summed E-state index contributed by atoms with van der Waals surface area (Å²) >= 11 is 0. The second-order valence-corrected chi connectivity index (χ2v) is 5.29. The number of carboxylic acids is 1. The van der Waals surface area contributed by atoms with E-state index >= 15 is 0 Å². The quantitative estimate of drug-likeness (QED) is 0.708. The first-order valence-electron chi connectivity index (χ1n) is 4.40. The summed E-state index contributed by atoms with van der Waals surface area (Å²) in [4.78, 5) is 10.6. The molecule has 5 heteroatoms. The van der Waals surface area contributed by atoms with Crippen molar-refractivity contribution in [2.45, 2.75) is 38.4 Å². The molecule has 0 spiro atoms. The van der Waals surface area contributed by atoms with Crippen LogP contribution in [0.4, 0.5) is 0 Å². The Labute approximate surface area is 78.9 Å². The maximum Gasteiger partial charge on any atom is 0.321 e. The number of aliphatic carboxylic acids is 1. The smallest absolute Gasteiger partial charge is 0.321 e. The molecule has 0 aliphatic carbocycles. The lowest BCUT2D eigenvalue weighted by Crippen LogP contribution is -2.31. The number of sulfone groups is 1. The third-order valence-corrected chi connectivity index (χ3v) is 4.03. The SMILES string of the molecule is CCCC(C(=O)O)S(=O)(=O)CCC. The molecular formula is C8H16O4S. The predicted molar refractivity (Wildman–Crippen MR) is 50.4 cm³/mol. The Hall–Kier alpha value is -0.580. The van der Waals surface area contributed by atoms with Crippen LogP contribution in [0.3, 0.4) is 0 Å². The van der Waals surface area contributed by atoms with Gasteiger partial charge in [0.15, 0.2) is 15.1 Å². The standard InChI is InChI=1S/C8H16O4S/c1-3-5-7(8(9)10)13(11,12)6-4-2/h7H,3-6H2,1-2H3,(H,9,10). The van der Waals surface area contributed by atoms with Gasteiger partial charge in [0.1, 0.15) is 0 Å². The van der Waals surface area contributed by atoms with Crippen LogP contribution in [-0.2, 0) is 14.6 Å². The molecule has 0 saturated carbocycles. The van der Waals surface area contributed by atoms with Crippen molar-refractivity contribution in [1.82, 2.24) is 0 Å². The van der Waals surface area contributed by atoms with Gasteiger partial charge in [-0.15, -0.1) is 0 Å². The zero-order valence-electron chi connectivity index (χ0n) is 7.99. The predicted octanol–water partition coefficient (Wildman–Crippen LogP) is 1.06. The Morgan fingerprint density at radius 3 is 2.15 bits per heavy atom. The summed E-state index contributed by atoms with van der Waals surface area (Å²) in [6, 6.07) is 0. The van der Waals surface area contributed by atoms with Crippen molar-refractivity contribution in [3.05, 3.63) is 0 Å². The van der Waals surface area contributed by atoms with Gasteiger partial charge < -0.3 is 5.11 Å². The largest absolute Gasteiger partial charge is 0.480 e. The van der Waals surface area contributed by atoms with E-state index in [0.29, 0.717) is 12.8 Å². The van der Waals surface area contributed by atoms with E-state index in [-0.39, 0.29) is 12.2 Å². The van der Waals surface area contributed by atoms with Gasteiger partial charge in [-0.1, -0.05) is 20.3 Å². The van der Waals surface area contributed by atoms with Crippen LogP contribution in [0.2, 0.25) is 0 Å². The van der Waals surface area contributed by atoms with Crippen LogP contribution < -0.4 is 0 Å². The minimum absolute atomic E-state index is 0.0377. The molecule has 0 rings (SSSR count). The number of carbonyl (C=O) groups is 1. The number of carboxylic acid groups (broad SMARTS) is 1. The van der Waals surface area contributed by atoms with Gasteiger partial charge in [-0.25, -0.2) is 8.42 Å². The van der Waals surface area contributed by atoms with Crippen LogP contribution >= 0.6 is 0 Å². The molecule has 0 aromatic heterocycles. The van der Waals surface area contributed by atoms with Gasteiger partial charge in [0.05, 0.1) is 5.75 Å². The van der Waals surface area contributed by atoms with Gasteiger partial charge >= 0.3 is 5.97 Å². The second-order valence-electron chi connectivity index (χ2n) is 2.98. The zero-order chi connectivity index (χ0) is 10.5. The molecule has 0 bridgehead atoms. The fourth-order valence-corrected chi connectivity index (χ4v) is 2.90. The van der Waals surface area contributed by atoms with Gasteiger partial charge in [0.25, 0.3) is 0 Å². The molecule has 0 aliphatic rings. The van der Waals surface area contributed by atoms with E-state index in [1.54, 1.807) is 13.8 Å². The molecule has 13 heavy (non-hydrogen) atoms.